The third-order valence-corrected chi connectivity index (χ3v) is 4.03. The van der Waals surface area contributed by atoms with Crippen molar-refractivity contribution in [2.45, 2.75) is 19.4 Å². The van der Waals surface area contributed by atoms with Crippen molar-refractivity contribution in [3.8, 4) is 6.07 Å². The zero-order valence-electron chi connectivity index (χ0n) is 11.5. The molecule has 1 aromatic heterocycles. The molecular weight excluding hydrogens is 250 g/mol. The minimum atomic E-state index is 0.364. The van der Waals surface area contributed by atoms with E-state index < -0.39 is 0 Å². The van der Waals surface area contributed by atoms with Crippen LogP contribution in [-0.2, 0) is 0 Å². The van der Waals surface area contributed by atoms with Crippen molar-refractivity contribution >= 4 is 16.6 Å². The van der Waals surface area contributed by atoms with Crippen LogP contribution in [0.3, 0.4) is 0 Å². The van der Waals surface area contributed by atoms with Gasteiger partial charge in [-0.3, -0.25) is 0 Å². The molecule has 20 heavy (non-hydrogen) atoms. The van der Waals surface area contributed by atoms with Crippen molar-refractivity contribution in [1.29, 1.82) is 5.26 Å². The van der Waals surface area contributed by atoms with Crippen LogP contribution >= 0.6 is 0 Å². The van der Waals surface area contributed by atoms with E-state index in [2.05, 4.69) is 28.1 Å². The number of fused-ring (bicyclic) bond motifs is 1. The summed E-state index contributed by atoms with van der Waals surface area (Å²) in [5.41, 5.74) is 7.92. The van der Waals surface area contributed by atoms with E-state index in [1.807, 2.05) is 24.3 Å². The zero-order valence-corrected chi connectivity index (χ0v) is 11.5. The number of nitrogens with two attached hydrogens (primary N) is 1. The zero-order chi connectivity index (χ0) is 14.1. The summed E-state index contributed by atoms with van der Waals surface area (Å²) in [7, 11) is 0. The van der Waals surface area contributed by atoms with Crippen molar-refractivity contribution in [3.63, 3.8) is 0 Å². The summed E-state index contributed by atoms with van der Waals surface area (Å²) in [6, 6.07) is 10.4. The van der Waals surface area contributed by atoms with Gasteiger partial charge in [-0.1, -0.05) is 18.2 Å². The van der Waals surface area contributed by atoms with Crippen molar-refractivity contribution in [1.82, 2.24) is 10.2 Å². The Hall–Kier alpha value is -2.19. The maximum absolute atomic E-state index is 9.34. The fourth-order valence-corrected chi connectivity index (χ4v) is 3.03. The first kappa shape index (κ1) is 12.8. The number of hydrogen-bond donors (Lipinski definition) is 1. The van der Waals surface area contributed by atoms with Gasteiger partial charge < -0.3 is 10.6 Å². The lowest BCUT2D eigenvalue weighted by Crippen LogP contribution is -2.29. The maximum atomic E-state index is 9.34. The Balaban J connectivity index is 2.17. The first-order chi connectivity index (χ1) is 9.74. The van der Waals surface area contributed by atoms with Crippen LogP contribution in [0.2, 0.25) is 0 Å². The Morgan fingerprint density at radius 1 is 1.40 bits per heavy atom. The van der Waals surface area contributed by atoms with E-state index >= 15 is 0 Å². The van der Waals surface area contributed by atoms with Gasteiger partial charge >= 0.3 is 0 Å². The number of nitriles is 1. The first-order valence-electron chi connectivity index (χ1n) is 6.86. The average Bonchev–Trinajstić information content (AvgIpc) is 2.86. The molecule has 0 aliphatic carbocycles. The number of benzene rings is 1. The number of hydrogen-bond acceptors (Lipinski definition) is 5. The molecule has 1 saturated heterocycles. The minimum Gasteiger partial charge on any atom is -0.366 e. The summed E-state index contributed by atoms with van der Waals surface area (Å²) in [6.07, 6.45) is 1.05. The van der Waals surface area contributed by atoms with Gasteiger partial charge in [0.15, 0.2) is 5.69 Å². The highest BCUT2D eigenvalue weighted by Gasteiger charge is 2.31. The predicted molar refractivity (Wildman–Crippen MR) is 78.2 cm³/mol. The molecule has 0 saturated carbocycles. The molecule has 0 spiro atoms. The minimum absolute atomic E-state index is 0.364. The second-order valence-electron chi connectivity index (χ2n) is 5.36. The third-order valence-electron chi connectivity index (χ3n) is 4.03. The molecule has 0 radical (unpaired) electrons. The smallest absolute Gasteiger partial charge is 0.187 e. The number of rotatable bonds is 2. The van der Waals surface area contributed by atoms with Gasteiger partial charge in [0.1, 0.15) is 6.07 Å². The number of aromatic nitrogens is 2. The Bertz CT molecular complexity index is 676. The Morgan fingerprint density at radius 3 is 2.90 bits per heavy atom. The molecule has 2 N–H and O–H groups in total. The van der Waals surface area contributed by atoms with Gasteiger partial charge in [0.05, 0.1) is 11.2 Å². The van der Waals surface area contributed by atoms with Crippen LogP contribution in [0.1, 0.15) is 19.0 Å². The van der Waals surface area contributed by atoms with E-state index in [1.165, 1.54) is 0 Å². The monoisotopic (exact) mass is 267 g/mol. The molecule has 3 rings (SSSR count). The van der Waals surface area contributed by atoms with Crippen LogP contribution in [0.15, 0.2) is 24.3 Å². The standard InChI is InChI=1S/C15H17N5/c1-10-6-11(7-16)9-20(10)15-12-4-2-3-5-13(12)18-19-14(15)8-17/h2-5,10-11H,6-7,9,16H2,1H3. The fraction of sp³-hybridized carbons (Fsp3) is 0.400. The quantitative estimate of drug-likeness (QED) is 0.895. The van der Waals surface area contributed by atoms with E-state index in [0.717, 1.165) is 29.6 Å². The Labute approximate surface area is 118 Å². The molecule has 1 fully saturated rings. The molecule has 2 unspecified atom stereocenters. The molecular formula is C15H17N5. The lowest BCUT2D eigenvalue weighted by Gasteiger charge is -2.25. The molecule has 0 amide bonds. The van der Waals surface area contributed by atoms with E-state index in [9.17, 15) is 5.26 Å². The van der Waals surface area contributed by atoms with Crippen molar-refractivity contribution in [3.05, 3.63) is 30.0 Å². The van der Waals surface area contributed by atoms with Crippen molar-refractivity contribution in [2.24, 2.45) is 11.7 Å². The lowest BCUT2D eigenvalue weighted by atomic mass is 10.1. The molecule has 1 aromatic carbocycles. The predicted octanol–water partition coefficient (Wildman–Crippen LogP) is 1.67. The fourth-order valence-electron chi connectivity index (χ4n) is 3.03. The summed E-state index contributed by atoms with van der Waals surface area (Å²) in [5.74, 6) is 0.475. The van der Waals surface area contributed by atoms with Crippen LogP contribution in [0.25, 0.3) is 10.9 Å². The van der Waals surface area contributed by atoms with Gasteiger partial charge in [-0.05, 0) is 31.9 Å². The van der Waals surface area contributed by atoms with Crippen molar-refractivity contribution < 1.29 is 0 Å². The SMILES string of the molecule is CC1CC(CN)CN1c1c(C#N)nnc2ccccc12. The molecule has 5 heteroatoms. The molecule has 1 aliphatic heterocycles. The van der Waals surface area contributed by atoms with Gasteiger partial charge in [0.2, 0.25) is 0 Å². The van der Waals surface area contributed by atoms with Crippen LogP contribution < -0.4 is 10.6 Å². The highest BCUT2D eigenvalue weighted by molar-refractivity contribution is 5.93. The van der Waals surface area contributed by atoms with Gasteiger partial charge in [-0.2, -0.15) is 5.26 Å². The maximum Gasteiger partial charge on any atom is 0.187 e. The summed E-state index contributed by atoms with van der Waals surface area (Å²) in [4.78, 5) is 2.26. The largest absolute Gasteiger partial charge is 0.366 e. The van der Waals surface area contributed by atoms with Gasteiger partial charge in [0, 0.05) is 18.0 Å². The topological polar surface area (TPSA) is 78.8 Å². The summed E-state index contributed by atoms with van der Waals surface area (Å²) in [5, 5.41) is 18.5. The average molecular weight is 267 g/mol. The molecule has 102 valence electrons. The second kappa shape index (κ2) is 5.06. The van der Waals surface area contributed by atoms with E-state index in [-0.39, 0.29) is 0 Å². The van der Waals surface area contributed by atoms with E-state index in [1.54, 1.807) is 0 Å². The number of anilines is 1. The third kappa shape index (κ3) is 1.98. The second-order valence-corrected chi connectivity index (χ2v) is 5.36. The summed E-state index contributed by atoms with van der Waals surface area (Å²) >= 11 is 0. The molecule has 1 aliphatic rings. The van der Waals surface area contributed by atoms with E-state index in [4.69, 9.17) is 5.73 Å². The normalized spacial score (nSPS) is 22.1. The Morgan fingerprint density at radius 2 is 2.20 bits per heavy atom. The highest BCUT2D eigenvalue weighted by atomic mass is 15.2. The van der Waals surface area contributed by atoms with Gasteiger partial charge in [-0.15, -0.1) is 10.2 Å². The molecule has 2 atom stereocenters. The highest BCUT2D eigenvalue weighted by Crippen LogP contribution is 2.34. The first-order valence-corrected chi connectivity index (χ1v) is 6.86. The van der Waals surface area contributed by atoms with Gasteiger partial charge in [-0.25, -0.2) is 0 Å². The summed E-state index contributed by atoms with van der Waals surface area (Å²) in [6.45, 7) is 3.73. The molecule has 2 heterocycles. The lowest BCUT2D eigenvalue weighted by molar-refractivity contribution is 0.579. The van der Waals surface area contributed by atoms with Crippen LogP contribution in [0, 0.1) is 17.2 Å². The van der Waals surface area contributed by atoms with Crippen LogP contribution in [-0.4, -0.2) is 29.3 Å². The van der Waals surface area contributed by atoms with E-state index in [0.29, 0.717) is 24.2 Å². The number of nitrogens with zero attached hydrogens (tertiary/aromatic N) is 4. The van der Waals surface area contributed by atoms with Crippen LogP contribution in [0.5, 0.6) is 0 Å². The molecule has 5 nitrogen and oxygen atoms in total. The molecule has 2 aromatic rings. The Kier molecular flexibility index (Phi) is 3.25. The van der Waals surface area contributed by atoms with Crippen LogP contribution in [0.4, 0.5) is 5.69 Å². The van der Waals surface area contributed by atoms with Crippen molar-refractivity contribution in [2.75, 3.05) is 18.0 Å². The van der Waals surface area contributed by atoms with Gasteiger partial charge in [0.25, 0.3) is 0 Å². The summed E-state index contributed by atoms with van der Waals surface area (Å²) < 4.78 is 0. The molecule has 0 bridgehead atoms.